The van der Waals surface area contributed by atoms with Crippen LogP contribution in [0.1, 0.15) is 0 Å². The highest BCUT2D eigenvalue weighted by Gasteiger charge is 2.15. The summed E-state index contributed by atoms with van der Waals surface area (Å²) in [6.07, 6.45) is 1.49. The normalized spacial score (nSPS) is 11.5. The molecule has 12 heteroatoms. The number of amides is 1. The van der Waals surface area contributed by atoms with Gasteiger partial charge in [0, 0.05) is 22.8 Å². The van der Waals surface area contributed by atoms with Gasteiger partial charge in [-0.25, -0.2) is 18.4 Å². The van der Waals surface area contributed by atoms with Crippen molar-refractivity contribution in [1.82, 2.24) is 25.1 Å². The average Bonchev–Trinajstić information content (AvgIpc) is 3.21. The van der Waals surface area contributed by atoms with Crippen molar-refractivity contribution < 1.29 is 13.2 Å². The fraction of sp³-hybridized carbons (Fsp3) is 0.0455. The van der Waals surface area contributed by atoms with Crippen LogP contribution < -0.4 is 10.0 Å². The summed E-state index contributed by atoms with van der Waals surface area (Å²) in [5.74, 6) is 0.00104. The zero-order chi connectivity index (χ0) is 23.5. The summed E-state index contributed by atoms with van der Waals surface area (Å²) in [6.45, 7) is 0. The lowest BCUT2D eigenvalue weighted by Crippen LogP contribution is -2.15. The van der Waals surface area contributed by atoms with Crippen molar-refractivity contribution in [2.75, 3.05) is 15.8 Å². The number of aromatic nitrogens is 5. The van der Waals surface area contributed by atoms with Crippen LogP contribution in [0, 0.1) is 0 Å². The second-order valence-electron chi connectivity index (χ2n) is 7.14. The van der Waals surface area contributed by atoms with Gasteiger partial charge in [0.25, 0.3) is 10.0 Å². The first-order valence-electron chi connectivity index (χ1n) is 10.1. The minimum atomic E-state index is -3.79. The molecular formula is C22H17N7O3S2. The van der Waals surface area contributed by atoms with Crippen molar-refractivity contribution in [3.05, 3.63) is 72.9 Å². The van der Waals surface area contributed by atoms with E-state index in [-0.39, 0.29) is 22.4 Å². The minimum Gasteiger partial charge on any atom is -0.338 e. The number of H-pyrrole nitrogens is 1. The lowest BCUT2D eigenvalue weighted by atomic mass is 10.2. The molecule has 0 aliphatic heterocycles. The van der Waals surface area contributed by atoms with Gasteiger partial charge in [0.2, 0.25) is 11.1 Å². The first-order valence-corrected chi connectivity index (χ1v) is 12.5. The van der Waals surface area contributed by atoms with Gasteiger partial charge in [-0.05, 0) is 42.5 Å². The van der Waals surface area contributed by atoms with Gasteiger partial charge in [0.05, 0.1) is 10.6 Å². The number of benzene rings is 2. The third-order valence-corrected chi connectivity index (χ3v) is 7.00. The number of para-hydroxylation sites is 1. The largest absolute Gasteiger partial charge is 0.338 e. The highest BCUT2D eigenvalue weighted by Crippen LogP contribution is 2.23. The molecule has 0 atom stereocenters. The van der Waals surface area contributed by atoms with Crippen LogP contribution in [0.5, 0.6) is 0 Å². The molecule has 0 spiro atoms. The van der Waals surface area contributed by atoms with Crippen molar-refractivity contribution in [3.63, 3.8) is 0 Å². The van der Waals surface area contributed by atoms with E-state index in [9.17, 15) is 13.2 Å². The maximum absolute atomic E-state index is 12.5. The molecule has 0 aliphatic rings. The third kappa shape index (κ3) is 4.67. The Labute approximate surface area is 198 Å². The summed E-state index contributed by atoms with van der Waals surface area (Å²) in [7, 11) is -3.79. The maximum Gasteiger partial charge on any atom is 0.263 e. The van der Waals surface area contributed by atoms with Gasteiger partial charge in [-0.15, -0.1) is 10.2 Å². The highest BCUT2D eigenvalue weighted by atomic mass is 32.2. The van der Waals surface area contributed by atoms with Gasteiger partial charge in [-0.3, -0.25) is 9.52 Å². The number of sulfonamides is 1. The lowest BCUT2D eigenvalue weighted by molar-refractivity contribution is -0.113. The zero-order valence-electron chi connectivity index (χ0n) is 17.5. The summed E-state index contributed by atoms with van der Waals surface area (Å²) in [6, 6.07) is 18.5. The number of fused-ring (bicyclic) bond motifs is 3. The number of carbonyl (C=O) groups excluding carboxylic acids is 1. The van der Waals surface area contributed by atoms with Gasteiger partial charge in [0.15, 0.2) is 5.65 Å². The Bertz CT molecular complexity index is 1590. The molecule has 3 aromatic heterocycles. The van der Waals surface area contributed by atoms with Crippen molar-refractivity contribution in [3.8, 4) is 0 Å². The number of nitrogens with one attached hydrogen (secondary N) is 3. The van der Waals surface area contributed by atoms with Gasteiger partial charge < -0.3 is 10.3 Å². The molecule has 5 aromatic rings. The molecule has 0 radical (unpaired) electrons. The molecule has 0 aliphatic carbocycles. The summed E-state index contributed by atoms with van der Waals surface area (Å²) in [4.78, 5) is 24.0. The number of nitrogens with zero attached hydrogens (tertiary/aromatic N) is 4. The van der Waals surface area contributed by atoms with Crippen molar-refractivity contribution in [2.24, 2.45) is 0 Å². The van der Waals surface area contributed by atoms with Gasteiger partial charge >= 0.3 is 0 Å². The molecule has 170 valence electrons. The number of hydrogen-bond donors (Lipinski definition) is 3. The van der Waals surface area contributed by atoms with E-state index in [0.717, 1.165) is 22.7 Å². The smallest absolute Gasteiger partial charge is 0.263 e. The molecule has 0 fully saturated rings. The molecule has 3 heterocycles. The second-order valence-corrected chi connectivity index (χ2v) is 9.77. The maximum atomic E-state index is 12.5. The molecule has 5 rings (SSSR count). The van der Waals surface area contributed by atoms with Crippen LogP contribution in [0.15, 0.2) is 83.0 Å². The first-order chi connectivity index (χ1) is 16.5. The number of rotatable bonds is 7. The second kappa shape index (κ2) is 9.08. The monoisotopic (exact) mass is 491 g/mol. The number of hydrogen-bond acceptors (Lipinski definition) is 8. The molecule has 2 aromatic carbocycles. The predicted molar refractivity (Wildman–Crippen MR) is 130 cm³/mol. The van der Waals surface area contributed by atoms with Crippen LogP contribution in [0.25, 0.3) is 22.1 Å². The fourth-order valence-corrected chi connectivity index (χ4v) is 4.83. The number of thioether (sulfide) groups is 1. The number of carbonyl (C=O) groups is 1. The number of pyridine rings is 1. The summed E-state index contributed by atoms with van der Waals surface area (Å²) < 4.78 is 27.4. The predicted octanol–water partition coefficient (Wildman–Crippen LogP) is 3.43. The van der Waals surface area contributed by atoms with Crippen molar-refractivity contribution in [1.29, 1.82) is 0 Å². The van der Waals surface area contributed by atoms with Crippen LogP contribution in [-0.2, 0) is 14.8 Å². The minimum absolute atomic E-state index is 0.0524. The number of aromatic amines is 1. The Morgan fingerprint density at radius 3 is 2.56 bits per heavy atom. The Kier molecular flexibility index (Phi) is 5.82. The standard InChI is InChI=1S/C22H17N7O3S2/c30-19(13-33-22-26-21-20(27-28-22)16-5-1-2-6-17(16)25-21)24-14-8-10-15(11-9-14)34(31,32)29-18-7-3-4-12-23-18/h1-12H,13H2,(H,23,29)(H,24,30)(H,25,26,28). The van der Waals surface area contributed by atoms with Crippen molar-refractivity contribution in [2.45, 2.75) is 10.1 Å². The molecule has 0 saturated carbocycles. The molecule has 0 unspecified atom stereocenters. The molecule has 0 bridgehead atoms. The Morgan fingerprint density at radius 1 is 0.971 bits per heavy atom. The SMILES string of the molecule is O=C(CSc1nnc2c(n1)[nH]c1ccccc12)Nc1ccc(S(=O)(=O)Nc2ccccn2)cc1. The summed E-state index contributed by atoms with van der Waals surface area (Å²) >= 11 is 1.15. The van der Waals surface area contributed by atoms with Gasteiger partial charge in [-0.2, -0.15) is 0 Å². The van der Waals surface area contributed by atoms with Crippen molar-refractivity contribution >= 4 is 61.3 Å². The van der Waals surface area contributed by atoms with E-state index in [1.165, 1.54) is 30.5 Å². The molecule has 10 nitrogen and oxygen atoms in total. The fourth-order valence-electron chi connectivity index (χ4n) is 3.23. The highest BCUT2D eigenvalue weighted by molar-refractivity contribution is 7.99. The third-order valence-electron chi connectivity index (χ3n) is 4.79. The first kappa shape index (κ1) is 21.8. The van der Waals surface area contributed by atoms with E-state index in [1.54, 1.807) is 18.2 Å². The Balaban J connectivity index is 1.20. The van der Waals surface area contributed by atoms with Gasteiger partial charge in [0.1, 0.15) is 11.3 Å². The molecular weight excluding hydrogens is 474 g/mol. The van der Waals surface area contributed by atoms with E-state index in [0.29, 0.717) is 22.0 Å². The molecule has 3 N–H and O–H groups in total. The topological polar surface area (TPSA) is 143 Å². The van der Waals surface area contributed by atoms with Crippen LogP contribution in [0.3, 0.4) is 0 Å². The van der Waals surface area contributed by atoms with Crippen LogP contribution in [0.4, 0.5) is 11.5 Å². The Morgan fingerprint density at radius 2 is 1.76 bits per heavy atom. The van der Waals surface area contributed by atoms with Crippen LogP contribution >= 0.6 is 11.8 Å². The van der Waals surface area contributed by atoms with E-state index in [1.807, 2.05) is 24.3 Å². The number of anilines is 2. The van der Waals surface area contributed by atoms with Gasteiger partial charge in [-0.1, -0.05) is 36.0 Å². The van der Waals surface area contributed by atoms with E-state index in [2.05, 4.69) is 35.2 Å². The molecule has 34 heavy (non-hydrogen) atoms. The van der Waals surface area contributed by atoms with Crippen LogP contribution in [0.2, 0.25) is 0 Å². The van der Waals surface area contributed by atoms with E-state index >= 15 is 0 Å². The summed E-state index contributed by atoms with van der Waals surface area (Å²) in [5, 5.41) is 12.4. The average molecular weight is 492 g/mol. The molecule has 1 amide bonds. The molecule has 0 saturated heterocycles. The van der Waals surface area contributed by atoms with E-state index < -0.39 is 10.0 Å². The lowest BCUT2D eigenvalue weighted by Gasteiger charge is -2.09. The quantitative estimate of drug-likeness (QED) is 0.294. The summed E-state index contributed by atoms with van der Waals surface area (Å²) in [5.41, 5.74) is 2.67. The van der Waals surface area contributed by atoms with E-state index in [4.69, 9.17) is 0 Å². The Hall–Kier alpha value is -4.03. The van der Waals surface area contributed by atoms with Crippen LogP contribution in [-0.4, -0.2) is 45.2 Å². The zero-order valence-corrected chi connectivity index (χ0v) is 19.1.